The van der Waals surface area contributed by atoms with E-state index in [0.29, 0.717) is 30.4 Å². The summed E-state index contributed by atoms with van der Waals surface area (Å²) >= 11 is 1.40. The van der Waals surface area contributed by atoms with Crippen LogP contribution in [-0.4, -0.2) is 42.8 Å². The molecule has 1 atom stereocenters. The number of aliphatic hydroxyl groups excluding tert-OH is 1. The third kappa shape index (κ3) is 7.07. The Kier molecular flexibility index (Phi) is 8.15. The molecule has 5 nitrogen and oxygen atoms in total. The van der Waals surface area contributed by atoms with Crippen LogP contribution >= 0.6 is 11.8 Å². The molecule has 6 heteroatoms. The molecule has 1 amide bonds. The highest BCUT2D eigenvalue weighted by atomic mass is 32.2. The van der Waals surface area contributed by atoms with E-state index < -0.39 is 6.10 Å². The molecular weight excluding hydrogens is 338 g/mol. The van der Waals surface area contributed by atoms with Gasteiger partial charge in [0.05, 0.1) is 25.5 Å². The summed E-state index contributed by atoms with van der Waals surface area (Å²) in [5, 5.41) is 12.8. The van der Waals surface area contributed by atoms with Crippen LogP contribution in [0.5, 0.6) is 11.5 Å². The van der Waals surface area contributed by atoms with Crippen molar-refractivity contribution in [1.82, 2.24) is 5.32 Å². The first-order valence-electron chi connectivity index (χ1n) is 8.03. The van der Waals surface area contributed by atoms with Crippen molar-refractivity contribution in [3.63, 3.8) is 0 Å². The first-order valence-corrected chi connectivity index (χ1v) is 9.19. The Balaban J connectivity index is 1.58. The van der Waals surface area contributed by atoms with E-state index in [0.717, 1.165) is 11.3 Å². The van der Waals surface area contributed by atoms with Crippen LogP contribution in [0.1, 0.15) is 11.7 Å². The highest BCUT2D eigenvalue weighted by Crippen LogP contribution is 2.19. The molecule has 0 heterocycles. The zero-order valence-electron chi connectivity index (χ0n) is 14.2. The second-order valence-electron chi connectivity index (χ2n) is 5.32. The summed E-state index contributed by atoms with van der Waals surface area (Å²) < 4.78 is 10.7. The molecule has 0 saturated heterocycles. The second kappa shape index (κ2) is 10.6. The van der Waals surface area contributed by atoms with Gasteiger partial charge in [-0.1, -0.05) is 36.4 Å². The van der Waals surface area contributed by atoms with Crippen molar-refractivity contribution in [1.29, 1.82) is 0 Å². The first-order chi connectivity index (χ1) is 12.2. The zero-order valence-corrected chi connectivity index (χ0v) is 15.0. The van der Waals surface area contributed by atoms with E-state index >= 15 is 0 Å². The van der Waals surface area contributed by atoms with Crippen LogP contribution in [0.15, 0.2) is 54.6 Å². The number of ether oxygens (including phenoxy) is 2. The summed E-state index contributed by atoms with van der Waals surface area (Å²) in [7, 11) is 1.60. The molecule has 0 saturated carbocycles. The molecule has 0 bridgehead atoms. The largest absolute Gasteiger partial charge is 0.497 e. The van der Waals surface area contributed by atoms with Crippen LogP contribution in [0.3, 0.4) is 0 Å². The van der Waals surface area contributed by atoms with Gasteiger partial charge in [0.15, 0.2) is 0 Å². The molecule has 0 aliphatic rings. The Hall–Kier alpha value is -2.18. The summed E-state index contributed by atoms with van der Waals surface area (Å²) in [5.41, 5.74) is 0.863. The van der Waals surface area contributed by atoms with Gasteiger partial charge in [0.25, 0.3) is 0 Å². The van der Waals surface area contributed by atoms with Crippen molar-refractivity contribution in [3.05, 3.63) is 60.2 Å². The number of amides is 1. The van der Waals surface area contributed by atoms with Crippen LogP contribution in [0.2, 0.25) is 0 Å². The van der Waals surface area contributed by atoms with Gasteiger partial charge in [0.1, 0.15) is 18.1 Å². The predicted octanol–water partition coefficient (Wildman–Crippen LogP) is 2.66. The summed E-state index contributed by atoms with van der Waals surface area (Å²) in [5.74, 6) is 2.16. The van der Waals surface area contributed by atoms with Gasteiger partial charge in [-0.05, 0) is 17.7 Å². The van der Waals surface area contributed by atoms with E-state index in [1.807, 2.05) is 48.5 Å². The number of rotatable bonds is 10. The summed E-state index contributed by atoms with van der Waals surface area (Å²) in [6, 6.07) is 16.8. The molecule has 0 spiro atoms. The van der Waals surface area contributed by atoms with E-state index in [-0.39, 0.29) is 5.91 Å². The van der Waals surface area contributed by atoms with Crippen molar-refractivity contribution in [2.75, 3.05) is 31.8 Å². The topological polar surface area (TPSA) is 67.8 Å². The van der Waals surface area contributed by atoms with Crippen LogP contribution < -0.4 is 14.8 Å². The normalized spacial score (nSPS) is 11.6. The number of nitrogens with one attached hydrogen (secondary N) is 1. The van der Waals surface area contributed by atoms with E-state index in [4.69, 9.17) is 9.47 Å². The maximum absolute atomic E-state index is 11.8. The van der Waals surface area contributed by atoms with Gasteiger partial charge in [0.2, 0.25) is 5.91 Å². The molecule has 25 heavy (non-hydrogen) atoms. The van der Waals surface area contributed by atoms with E-state index in [1.54, 1.807) is 13.2 Å². The lowest BCUT2D eigenvalue weighted by Gasteiger charge is -2.11. The summed E-state index contributed by atoms with van der Waals surface area (Å²) in [6.07, 6.45) is -0.560. The molecule has 1 unspecified atom stereocenters. The number of hydrogen-bond acceptors (Lipinski definition) is 5. The Morgan fingerprint density at radius 3 is 2.68 bits per heavy atom. The fourth-order valence-electron chi connectivity index (χ4n) is 2.14. The average molecular weight is 361 g/mol. The van der Waals surface area contributed by atoms with Crippen molar-refractivity contribution in [2.45, 2.75) is 6.10 Å². The lowest BCUT2D eigenvalue weighted by atomic mass is 10.1. The fourth-order valence-corrected chi connectivity index (χ4v) is 2.96. The fraction of sp³-hybridized carbons (Fsp3) is 0.316. The molecule has 2 rings (SSSR count). The maximum Gasteiger partial charge on any atom is 0.230 e. The van der Waals surface area contributed by atoms with Crippen molar-refractivity contribution in [3.8, 4) is 11.5 Å². The minimum Gasteiger partial charge on any atom is -0.497 e. The number of carbonyl (C=O) groups is 1. The van der Waals surface area contributed by atoms with Crippen molar-refractivity contribution in [2.24, 2.45) is 0 Å². The van der Waals surface area contributed by atoms with Gasteiger partial charge < -0.3 is 19.9 Å². The minimum atomic E-state index is -0.560. The van der Waals surface area contributed by atoms with Gasteiger partial charge >= 0.3 is 0 Å². The van der Waals surface area contributed by atoms with Crippen molar-refractivity contribution < 1.29 is 19.4 Å². The smallest absolute Gasteiger partial charge is 0.230 e. The molecule has 0 aliphatic heterocycles. The van der Waals surface area contributed by atoms with Crippen LogP contribution in [-0.2, 0) is 4.79 Å². The standard InChI is InChI=1S/C19H23NO4S/c1-23-16-8-5-9-17(12-16)24-11-10-20-19(22)14-25-13-18(21)15-6-3-2-4-7-15/h2-9,12,18,21H,10-11,13-14H2,1H3,(H,20,22). The lowest BCUT2D eigenvalue weighted by Crippen LogP contribution is -2.29. The van der Waals surface area contributed by atoms with Gasteiger partial charge in [-0.2, -0.15) is 0 Å². The molecule has 0 aromatic heterocycles. The minimum absolute atomic E-state index is 0.0699. The van der Waals surface area contributed by atoms with Gasteiger partial charge in [0, 0.05) is 11.8 Å². The number of methoxy groups -OCH3 is 1. The van der Waals surface area contributed by atoms with Crippen LogP contribution in [0.25, 0.3) is 0 Å². The van der Waals surface area contributed by atoms with Gasteiger partial charge in [-0.25, -0.2) is 0 Å². The predicted molar refractivity (Wildman–Crippen MR) is 100 cm³/mol. The number of carbonyl (C=O) groups excluding carboxylic acids is 1. The Bertz CT molecular complexity index is 651. The van der Waals surface area contributed by atoms with E-state index in [9.17, 15) is 9.90 Å². The lowest BCUT2D eigenvalue weighted by molar-refractivity contribution is -0.118. The molecule has 0 radical (unpaired) electrons. The third-order valence-corrected chi connectivity index (χ3v) is 4.45. The number of hydrogen-bond donors (Lipinski definition) is 2. The molecule has 0 aliphatic carbocycles. The maximum atomic E-state index is 11.8. The highest BCUT2D eigenvalue weighted by molar-refractivity contribution is 7.99. The Morgan fingerprint density at radius 2 is 1.92 bits per heavy atom. The number of benzene rings is 2. The second-order valence-corrected chi connectivity index (χ2v) is 6.35. The molecule has 2 N–H and O–H groups in total. The molecule has 2 aromatic rings. The Morgan fingerprint density at radius 1 is 1.16 bits per heavy atom. The van der Waals surface area contributed by atoms with Gasteiger partial charge in [-0.15, -0.1) is 11.8 Å². The molecule has 0 fully saturated rings. The quantitative estimate of drug-likeness (QED) is 0.637. The molecule has 2 aromatic carbocycles. The average Bonchev–Trinajstić information content (AvgIpc) is 2.66. The summed E-state index contributed by atoms with van der Waals surface area (Å²) in [6.45, 7) is 0.814. The number of thioether (sulfide) groups is 1. The van der Waals surface area contributed by atoms with E-state index in [1.165, 1.54) is 11.8 Å². The SMILES string of the molecule is COc1cccc(OCCNC(=O)CSCC(O)c2ccccc2)c1. The van der Waals surface area contributed by atoms with Crippen LogP contribution in [0, 0.1) is 0 Å². The highest BCUT2D eigenvalue weighted by Gasteiger charge is 2.08. The summed E-state index contributed by atoms with van der Waals surface area (Å²) in [4.78, 5) is 11.8. The molecular formula is C19H23NO4S. The Labute approximate surface area is 152 Å². The van der Waals surface area contributed by atoms with Crippen LogP contribution in [0.4, 0.5) is 0 Å². The van der Waals surface area contributed by atoms with Gasteiger partial charge in [-0.3, -0.25) is 4.79 Å². The third-order valence-electron chi connectivity index (χ3n) is 3.43. The monoisotopic (exact) mass is 361 g/mol. The van der Waals surface area contributed by atoms with Crippen molar-refractivity contribution >= 4 is 17.7 Å². The molecule has 134 valence electrons. The van der Waals surface area contributed by atoms with E-state index in [2.05, 4.69) is 5.32 Å². The zero-order chi connectivity index (χ0) is 17.9. The first kappa shape index (κ1) is 19.1. The number of aliphatic hydroxyl groups is 1.